The summed E-state index contributed by atoms with van der Waals surface area (Å²) in [5.74, 6) is 1.06. The van der Waals surface area contributed by atoms with E-state index in [0.29, 0.717) is 17.0 Å². The Morgan fingerprint density at radius 2 is 1.75 bits per heavy atom. The molecule has 36 heavy (non-hydrogen) atoms. The lowest BCUT2D eigenvalue weighted by Crippen LogP contribution is -2.40. The number of hydrogen-bond donors (Lipinski definition) is 1. The minimum absolute atomic E-state index is 0.0860. The van der Waals surface area contributed by atoms with Crippen LogP contribution in [0.25, 0.3) is 5.69 Å². The first-order chi connectivity index (χ1) is 17.3. The van der Waals surface area contributed by atoms with Gasteiger partial charge in [-0.3, -0.25) is 9.10 Å². The Morgan fingerprint density at radius 1 is 1.03 bits per heavy atom. The van der Waals surface area contributed by atoms with Crippen molar-refractivity contribution in [2.75, 3.05) is 18.0 Å². The number of nitrogens with zero attached hydrogens (tertiary/aromatic N) is 3. The average Bonchev–Trinajstić information content (AvgIpc) is 3.32. The first-order valence-corrected chi connectivity index (χ1v) is 12.8. The number of amides is 1. The maximum absolute atomic E-state index is 13.6. The molecule has 0 bridgehead atoms. The van der Waals surface area contributed by atoms with Crippen LogP contribution >= 0.6 is 0 Å². The molecule has 0 unspecified atom stereocenters. The highest BCUT2D eigenvalue weighted by atomic mass is 32.2. The highest BCUT2D eigenvalue weighted by Gasteiger charge is 2.27. The van der Waals surface area contributed by atoms with E-state index in [1.54, 1.807) is 55.6 Å². The Kier molecular flexibility index (Phi) is 7.40. The number of hydrogen-bond acceptors (Lipinski definition) is 5. The molecule has 1 amide bonds. The molecule has 3 aromatic carbocycles. The van der Waals surface area contributed by atoms with Crippen molar-refractivity contribution in [2.45, 2.75) is 25.3 Å². The number of imidazole rings is 1. The van der Waals surface area contributed by atoms with Gasteiger partial charge in [0.25, 0.3) is 10.0 Å². The second-order valence-corrected chi connectivity index (χ2v) is 10.1. The van der Waals surface area contributed by atoms with E-state index in [0.717, 1.165) is 21.4 Å². The molecule has 1 N–H and O–H groups in total. The highest BCUT2D eigenvalue weighted by Crippen LogP contribution is 2.27. The van der Waals surface area contributed by atoms with E-state index in [4.69, 9.17) is 4.74 Å². The van der Waals surface area contributed by atoms with Crippen molar-refractivity contribution in [2.24, 2.45) is 0 Å². The maximum Gasteiger partial charge on any atom is 0.264 e. The van der Waals surface area contributed by atoms with Gasteiger partial charge in [0.2, 0.25) is 5.91 Å². The number of rotatable bonds is 9. The SMILES string of the molecule is COc1ccc(S(=O)(=O)N(CC(=O)NCc2ccc(-n3ccnc3C)cc2)c2ccccc2)cc1C. The number of aryl methyl sites for hydroxylation is 2. The lowest BCUT2D eigenvalue weighted by Gasteiger charge is -2.24. The standard InChI is InChI=1S/C27H28N4O4S/c1-20-17-25(13-14-26(20)35-3)36(33,34)31(24-7-5-4-6-8-24)19-27(32)29-18-22-9-11-23(12-10-22)30-16-15-28-21(30)2/h4-17H,18-19H2,1-3H3,(H,29,32). The number of carbonyl (C=O) groups is 1. The molecule has 4 rings (SSSR count). The molecule has 0 aliphatic carbocycles. The quantitative estimate of drug-likeness (QED) is 0.372. The summed E-state index contributed by atoms with van der Waals surface area (Å²) in [5, 5.41) is 2.83. The van der Waals surface area contributed by atoms with E-state index in [1.165, 1.54) is 13.2 Å². The first kappa shape index (κ1) is 25.0. The molecule has 0 atom stereocenters. The van der Waals surface area contributed by atoms with Crippen LogP contribution < -0.4 is 14.4 Å². The molecule has 4 aromatic rings. The predicted octanol–water partition coefficient (Wildman–Crippen LogP) is 4.01. The van der Waals surface area contributed by atoms with Crippen molar-refractivity contribution in [3.05, 3.63) is 102 Å². The largest absolute Gasteiger partial charge is 0.496 e. The van der Waals surface area contributed by atoms with Crippen molar-refractivity contribution < 1.29 is 17.9 Å². The van der Waals surface area contributed by atoms with Crippen LogP contribution in [-0.4, -0.2) is 37.5 Å². The minimum Gasteiger partial charge on any atom is -0.496 e. The molecule has 0 aliphatic rings. The van der Waals surface area contributed by atoms with Crippen LogP contribution in [0.15, 0.2) is 90.1 Å². The molecule has 1 heterocycles. The van der Waals surface area contributed by atoms with Crippen molar-refractivity contribution in [3.63, 3.8) is 0 Å². The zero-order chi connectivity index (χ0) is 25.7. The van der Waals surface area contributed by atoms with Crippen LogP contribution in [0.4, 0.5) is 5.69 Å². The Labute approximate surface area is 211 Å². The van der Waals surface area contributed by atoms with Crippen molar-refractivity contribution in [1.29, 1.82) is 0 Å². The first-order valence-electron chi connectivity index (χ1n) is 11.4. The molecular weight excluding hydrogens is 476 g/mol. The number of methoxy groups -OCH3 is 1. The monoisotopic (exact) mass is 504 g/mol. The van der Waals surface area contributed by atoms with Gasteiger partial charge in [-0.2, -0.15) is 0 Å². The average molecular weight is 505 g/mol. The van der Waals surface area contributed by atoms with Crippen LogP contribution in [0.1, 0.15) is 17.0 Å². The van der Waals surface area contributed by atoms with Crippen molar-refractivity contribution >= 4 is 21.6 Å². The predicted molar refractivity (Wildman–Crippen MR) is 139 cm³/mol. The summed E-state index contributed by atoms with van der Waals surface area (Å²) in [6, 6.07) is 21.0. The van der Waals surface area contributed by atoms with Gasteiger partial charge in [0.15, 0.2) is 0 Å². The number of para-hydroxylation sites is 1. The lowest BCUT2D eigenvalue weighted by atomic mass is 10.2. The van der Waals surface area contributed by atoms with Gasteiger partial charge in [-0.15, -0.1) is 0 Å². The van der Waals surface area contributed by atoms with Crippen LogP contribution in [0.5, 0.6) is 5.75 Å². The van der Waals surface area contributed by atoms with Crippen LogP contribution in [0, 0.1) is 13.8 Å². The number of aromatic nitrogens is 2. The van der Waals surface area contributed by atoms with E-state index in [1.807, 2.05) is 42.0 Å². The van der Waals surface area contributed by atoms with Gasteiger partial charge in [-0.05, 0) is 67.4 Å². The Balaban J connectivity index is 1.50. The van der Waals surface area contributed by atoms with Crippen LogP contribution in [0.3, 0.4) is 0 Å². The van der Waals surface area contributed by atoms with E-state index >= 15 is 0 Å². The molecular formula is C27H28N4O4S. The van der Waals surface area contributed by atoms with Crippen LogP contribution in [-0.2, 0) is 21.4 Å². The minimum atomic E-state index is -4.01. The van der Waals surface area contributed by atoms with E-state index in [-0.39, 0.29) is 18.0 Å². The summed E-state index contributed by atoms with van der Waals surface area (Å²) < 4.78 is 35.5. The summed E-state index contributed by atoms with van der Waals surface area (Å²) in [6.45, 7) is 3.61. The van der Waals surface area contributed by atoms with Gasteiger partial charge < -0.3 is 14.6 Å². The molecule has 0 fully saturated rings. The second kappa shape index (κ2) is 10.7. The van der Waals surface area contributed by atoms with Gasteiger partial charge in [0, 0.05) is 24.6 Å². The molecule has 0 aliphatic heterocycles. The van der Waals surface area contributed by atoms with Crippen molar-refractivity contribution in [3.8, 4) is 11.4 Å². The van der Waals surface area contributed by atoms with Gasteiger partial charge >= 0.3 is 0 Å². The topological polar surface area (TPSA) is 93.5 Å². The molecule has 0 radical (unpaired) electrons. The van der Waals surface area contributed by atoms with Crippen molar-refractivity contribution in [1.82, 2.24) is 14.9 Å². The van der Waals surface area contributed by atoms with E-state index in [2.05, 4.69) is 10.3 Å². The number of anilines is 1. The van der Waals surface area contributed by atoms with Gasteiger partial charge in [0.05, 0.1) is 17.7 Å². The van der Waals surface area contributed by atoms with Gasteiger partial charge in [-0.25, -0.2) is 13.4 Å². The summed E-state index contributed by atoms with van der Waals surface area (Å²) >= 11 is 0. The van der Waals surface area contributed by atoms with Gasteiger partial charge in [-0.1, -0.05) is 30.3 Å². The second-order valence-electron chi connectivity index (χ2n) is 8.27. The molecule has 0 saturated heterocycles. The summed E-state index contributed by atoms with van der Waals surface area (Å²) in [4.78, 5) is 17.2. The van der Waals surface area contributed by atoms with E-state index < -0.39 is 15.9 Å². The smallest absolute Gasteiger partial charge is 0.264 e. The summed E-state index contributed by atoms with van der Waals surface area (Å²) in [5.41, 5.74) is 2.95. The number of sulfonamides is 1. The number of benzene rings is 3. The fraction of sp³-hybridized carbons (Fsp3) is 0.185. The third-order valence-electron chi connectivity index (χ3n) is 5.82. The molecule has 9 heteroatoms. The fourth-order valence-corrected chi connectivity index (χ4v) is 5.37. The lowest BCUT2D eigenvalue weighted by molar-refractivity contribution is -0.119. The van der Waals surface area contributed by atoms with Gasteiger partial charge in [0.1, 0.15) is 18.1 Å². The zero-order valence-electron chi connectivity index (χ0n) is 20.4. The Morgan fingerprint density at radius 3 is 2.36 bits per heavy atom. The fourth-order valence-electron chi connectivity index (χ4n) is 3.86. The normalized spacial score (nSPS) is 11.2. The Bertz CT molecular complexity index is 1450. The maximum atomic E-state index is 13.6. The molecule has 8 nitrogen and oxygen atoms in total. The number of carbonyl (C=O) groups excluding carboxylic acids is 1. The summed E-state index contributed by atoms with van der Waals surface area (Å²) in [6.07, 6.45) is 3.62. The van der Waals surface area contributed by atoms with Crippen LogP contribution in [0.2, 0.25) is 0 Å². The number of ether oxygens (including phenoxy) is 1. The molecule has 1 aromatic heterocycles. The molecule has 0 saturated carbocycles. The summed E-state index contributed by atoms with van der Waals surface area (Å²) in [7, 11) is -2.48. The third kappa shape index (κ3) is 5.41. The van der Waals surface area contributed by atoms with E-state index in [9.17, 15) is 13.2 Å². The third-order valence-corrected chi connectivity index (χ3v) is 7.59. The zero-order valence-corrected chi connectivity index (χ0v) is 21.2. The molecule has 0 spiro atoms. The molecule has 186 valence electrons. The highest BCUT2D eigenvalue weighted by molar-refractivity contribution is 7.92. The number of nitrogens with one attached hydrogen (secondary N) is 1. The Hall–Kier alpha value is -4.11.